The number of nitrogens with one attached hydrogen (secondary N) is 2. The average molecular weight is 592 g/mol. The van der Waals surface area contributed by atoms with Crippen molar-refractivity contribution < 1.29 is 23.9 Å². The summed E-state index contributed by atoms with van der Waals surface area (Å²) in [6.45, 7) is 0.364. The Balaban J connectivity index is 1.11. The summed E-state index contributed by atoms with van der Waals surface area (Å²) in [7, 11) is 0. The van der Waals surface area contributed by atoms with E-state index in [1.807, 2.05) is 72.8 Å². The highest BCUT2D eigenvalue weighted by Gasteiger charge is 2.72. The van der Waals surface area contributed by atoms with Gasteiger partial charge < -0.3 is 25.0 Å². The number of nitrogens with zero attached hydrogens (tertiary/aromatic N) is 1. The van der Waals surface area contributed by atoms with Crippen molar-refractivity contribution in [2.45, 2.75) is 62.3 Å². The first-order chi connectivity index (χ1) is 21.5. The SMILES string of the molecule is O=C(Nc1ccc(Oc2ccccc2)cc1)[C@@H]1[C@H]2C=C[C@]3(O2)[C@H](C(=O)NC2CCCCC2)N(CCc2ccccc2)C(=O)[C@@H]13. The average Bonchev–Trinajstić information content (AvgIpc) is 3.69. The second-order valence-corrected chi connectivity index (χ2v) is 12.2. The van der Waals surface area contributed by atoms with Crippen LogP contribution in [-0.4, -0.2) is 53.0 Å². The number of ether oxygens (including phenoxy) is 2. The molecule has 0 unspecified atom stereocenters. The third-order valence-corrected chi connectivity index (χ3v) is 9.46. The van der Waals surface area contributed by atoms with Gasteiger partial charge in [-0.15, -0.1) is 0 Å². The largest absolute Gasteiger partial charge is 0.457 e. The van der Waals surface area contributed by atoms with E-state index in [4.69, 9.17) is 9.47 Å². The minimum absolute atomic E-state index is 0.0910. The lowest BCUT2D eigenvalue weighted by molar-refractivity contribution is -0.141. The molecule has 2 N–H and O–H groups in total. The lowest BCUT2D eigenvalue weighted by Crippen LogP contribution is -2.56. The number of likely N-dealkylation sites (tertiary alicyclic amines) is 1. The van der Waals surface area contributed by atoms with Gasteiger partial charge in [-0.25, -0.2) is 0 Å². The van der Waals surface area contributed by atoms with Gasteiger partial charge in [0.2, 0.25) is 17.7 Å². The van der Waals surface area contributed by atoms with Gasteiger partial charge in [0, 0.05) is 18.3 Å². The fourth-order valence-electron chi connectivity index (χ4n) is 7.39. The molecule has 3 heterocycles. The fraction of sp³-hybridized carbons (Fsp3) is 0.361. The molecule has 7 rings (SSSR count). The zero-order valence-corrected chi connectivity index (χ0v) is 24.6. The second-order valence-electron chi connectivity index (χ2n) is 12.2. The summed E-state index contributed by atoms with van der Waals surface area (Å²) < 4.78 is 12.4. The number of amides is 3. The number of para-hydroxylation sites is 1. The quantitative estimate of drug-likeness (QED) is 0.331. The van der Waals surface area contributed by atoms with Gasteiger partial charge in [-0.1, -0.05) is 79.9 Å². The van der Waals surface area contributed by atoms with Crippen LogP contribution >= 0.6 is 0 Å². The van der Waals surface area contributed by atoms with E-state index in [9.17, 15) is 14.4 Å². The van der Waals surface area contributed by atoms with E-state index in [2.05, 4.69) is 10.6 Å². The first-order valence-corrected chi connectivity index (χ1v) is 15.7. The Hall–Kier alpha value is -4.43. The first-order valence-electron chi connectivity index (χ1n) is 15.7. The predicted octanol–water partition coefficient (Wildman–Crippen LogP) is 5.26. The molecule has 1 aliphatic carbocycles. The molecular weight excluding hydrogens is 554 g/mol. The Labute approximate surface area is 257 Å². The number of carbonyl (C=O) groups is 3. The molecule has 2 bridgehead atoms. The third-order valence-electron chi connectivity index (χ3n) is 9.46. The van der Waals surface area contributed by atoms with E-state index < -0.39 is 29.6 Å². The Morgan fingerprint density at radius 1 is 0.864 bits per heavy atom. The number of fused-ring (bicyclic) bond motifs is 1. The van der Waals surface area contributed by atoms with Crippen molar-refractivity contribution in [2.24, 2.45) is 11.8 Å². The molecule has 1 saturated carbocycles. The summed E-state index contributed by atoms with van der Waals surface area (Å²) in [6, 6.07) is 25.8. The second kappa shape index (κ2) is 11.9. The highest BCUT2D eigenvalue weighted by Crippen LogP contribution is 2.55. The smallest absolute Gasteiger partial charge is 0.246 e. The van der Waals surface area contributed by atoms with Crippen LogP contribution in [0.5, 0.6) is 11.5 Å². The van der Waals surface area contributed by atoms with Crippen molar-refractivity contribution in [3.05, 3.63) is 103 Å². The molecule has 8 heteroatoms. The molecule has 3 aliphatic heterocycles. The van der Waals surface area contributed by atoms with Crippen molar-refractivity contribution in [1.82, 2.24) is 10.2 Å². The highest BCUT2D eigenvalue weighted by atomic mass is 16.5. The van der Waals surface area contributed by atoms with Gasteiger partial charge in [0.05, 0.1) is 17.9 Å². The van der Waals surface area contributed by atoms with Crippen LogP contribution in [0.2, 0.25) is 0 Å². The van der Waals surface area contributed by atoms with Crippen molar-refractivity contribution in [2.75, 3.05) is 11.9 Å². The van der Waals surface area contributed by atoms with E-state index in [0.717, 1.165) is 37.0 Å². The van der Waals surface area contributed by atoms with E-state index in [-0.39, 0.29) is 23.8 Å². The zero-order chi connectivity index (χ0) is 30.1. The maximum atomic E-state index is 14.2. The molecule has 4 aliphatic rings. The normalized spacial score (nSPS) is 27.3. The standard InChI is InChI=1S/C36H37N3O5/c40-33(37-26-16-18-28(19-17-26)43-27-14-8-3-9-15-27)30-29-20-22-36(44-29)31(30)35(42)39(23-21-24-10-4-1-5-11-24)32(36)34(41)38-25-12-6-2-7-13-25/h1,3-5,8-11,14-20,22,25,29-32H,2,6-7,12-13,21,23H2,(H,37,40)(H,38,41)/t29-,30-,31-,32+,36-/m1/s1. The van der Waals surface area contributed by atoms with Crippen molar-refractivity contribution in [3.63, 3.8) is 0 Å². The van der Waals surface area contributed by atoms with Gasteiger partial charge in [0.1, 0.15) is 23.1 Å². The topological polar surface area (TPSA) is 97.0 Å². The van der Waals surface area contributed by atoms with Crippen LogP contribution in [0.15, 0.2) is 97.1 Å². The minimum atomic E-state index is -1.17. The Morgan fingerprint density at radius 3 is 2.27 bits per heavy atom. The van der Waals surface area contributed by atoms with E-state index in [1.54, 1.807) is 29.2 Å². The highest BCUT2D eigenvalue weighted by molar-refractivity contribution is 6.02. The summed E-state index contributed by atoms with van der Waals surface area (Å²) in [5.74, 6) is -0.863. The minimum Gasteiger partial charge on any atom is -0.457 e. The molecule has 3 fully saturated rings. The summed E-state index contributed by atoms with van der Waals surface area (Å²) in [5.41, 5.74) is 0.497. The molecular formula is C36H37N3O5. The number of anilines is 1. The summed E-state index contributed by atoms with van der Waals surface area (Å²) in [5, 5.41) is 6.24. The molecule has 226 valence electrons. The molecule has 0 radical (unpaired) electrons. The van der Waals surface area contributed by atoms with Gasteiger partial charge >= 0.3 is 0 Å². The predicted molar refractivity (Wildman–Crippen MR) is 166 cm³/mol. The molecule has 1 spiro atoms. The van der Waals surface area contributed by atoms with Gasteiger partial charge in [0.25, 0.3) is 0 Å². The fourth-order valence-corrected chi connectivity index (χ4v) is 7.39. The van der Waals surface area contributed by atoms with Crippen LogP contribution < -0.4 is 15.4 Å². The molecule has 2 saturated heterocycles. The summed E-state index contributed by atoms with van der Waals surface area (Å²) in [4.78, 5) is 43.7. The Bertz CT molecular complexity index is 1540. The maximum absolute atomic E-state index is 14.2. The third kappa shape index (κ3) is 5.28. The molecule has 3 aromatic rings. The van der Waals surface area contributed by atoms with Crippen LogP contribution in [0.25, 0.3) is 0 Å². The molecule has 3 aromatic carbocycles. The van der Waals surface area contributed by atoms with E-state index >= 15 is 0 Å². The number of benzene rings is 3. The zero-order valence-electron chi connectivity index (χ0n) is 24.6. The number of hydrogen-bond acceptors (Lipinski definition) is 5. The van der Waals surface area contributed by atoms with Crippen LogP contribution in [0, 0.1) is 11.8 Å². The molecule has 5 atom stereocenters. The molecule has 44 heavy (non-hydrogen) atoms. The van der Waals surface area contributed by atoms with E-state index in [1.165, 1.54) is 6.42 Å². The van der Waals surface area contributed by atoms with Crippen molar-refractivity contribution in [3.8, 4) is 11.5 Å². The van der Waals surface area contributed by atoms with Crippen LogP contribution in [0.3, 0.4) is 0 Å². The number of hydrogen-bond donors (Lipinski definition) is 2. The van der Waals surface area contributed by atoms with Crippen molar-refractivity contribution >= 4 is 23.4 Å². The Morgan fingerprint density at radius 2 is 1.55 bits per heavy atom. The summed E-state index contributed by atoms with van der Waals surface area (Å²) >= 11 is 0. The molecule has 0 aromatic heterocycles. The van der Waals surface area contributed by atoms with Gasteiger partial charge in [-0.3, -0.25) is 14.4 Å². The lowest BCUT2D eigenvalue weighted by atomic mass is 9.74. The maximum Gasteiger partial charge on any atom is 0.246 e. The summed E-state index contributed by atoms with van der Waals surface area (Å²) in [6.07, 6.45) is 8.96. The van der Waals surface area contributed by atoms with E-state index in [0.29, 0.717) is 24.4 Å². The molecule has 8 nitrogen and oxygen atoms in total. The number of carbonyl (C=O) groups excluding carboxylic acids is 3. The van der Waals surface area contributed by atoms with Gasteiger partial charge in [-0.05, 0) is 61.2 Å². The molecule has 3 amide bonds. The number of rotatable bonds is 9. The first kappa shape index (κ1) is 28.3. The van der Waals surface area contributed by atoms with Gasteiger partial charge in [0.15, 0.2) is 0 Å². The monoisotopic (exact) mass is 591 g/mol. The Kier molecular flexibility index (Phi) is 7.68. The van der Waals surface area contributed by atoms with Gasteiger partial charge in [-0.2, -0.15) is 0 Å². The van der Waals surface area contributed by atoms with Crippen LogP contribution in [0.1, 0.15) is 37.7 Å². The van der Waals surface area contributed by atoms with Crippen LogP contribution in [0.4, 0.5) is 5.69 Å². The van der Waals surface area contributed by atoms with Crippen LogP contribution in [-0.2, 0) is 25.5 Å². The lowest BCUT2D eigenvalue weighted by Gasteiger charge is -2.34. The van der Waals surface area contributed by atoms with Crippen molar-refractivity contribution in [1.29, 1.82) is 0 Å².